The normalized spacial score (nSPS) is 11.4. The standard InChI is InChI=1S/C27H23NP.C23H17NOS.C23H17NS.C17H11Br.C17H13Br.C7H9BO2S.C7H5BrO.CH4O.CH3O.BrH.Na.H2O4S.H2O2/c1-4-12-23(13-5-1)29(24-14-6-2-7-15-24,25-16-8-3-9-17-25)21-22-20-28-27-19-11-10-18-26(22)27;1-26(25)22-9-5-3-6-17(22)16-11-10-15-12-13-19-18-7-2-4-8-21(18)24-23(19)20(15)14-16;1-25-22-9-5-3-6-17(22)16-11-10-15-12-13-19-18-7-2-4-8-21(18)24-23(19)20(15)14-16;18-13-7-5-11-6-8-15-14-4-2-1-3-12(14)9-17(15)16(11)10-13;18-16-11-6-13(7-12-16)5-8-15-10-9-14-3-1-2-4-17(14)15;1-11-7-5-3-2-4-6(7)8(9)10;8-7-3-1-6(5-9)2-4-7;2*1-2;;;1-5(2,3)4;1-2/h1-20,28H,21H2;2-14,24H,1H3;2-14,24H,1H3;1-8,10H,9H2;1-8,10-12H,9H2;2-5,9-10H,1H3;1-5H;2H,1H3;1H3;1H;;(H2,1,2,3,4);1-2H/q+1;;;;;;;;-1;;+1;;/p-1/b;;;;8-5-;;;;;;;;. The van der Waals surface area contributed by atoms with Crippen molar-refractivity contribution in [3.63, 3.8) is 0 Å². The average Bonchev–Trinajstić information content (AvgIpc) is 1.69. The van der Waals surface area contributed by atoms with E-state index in [4.69, 9.17) is 48.3 Å². The van der Waals surface area contributed by atoms with E-state index in [9.17, 15) is 9.00 Å². The van der Waals surface area contributed by atoms with Crippen molar-refractivity contribution in [3.8, 4) is 33.4 Å². The smallest absolute Gasteiger partial charge is 1.00 e. The molecule has 24 rings (SSSR count). The van der Waals surface area contributed by atoms with Gasteiger partial charge in [0.15, 0.2) is 0 Å². The van der Waals surface area contributed by atoms with Crippen LogP contribution in [0.4, 0.5) is 0 Å². The maximum atomic E-state index is 12.1. The number of aliphatic hydroxyl groups is 1. The predicted octanol–water partition coefficient (Wildman–Crippen LogP) is 23.0. The molecule has 1 unspecified atom stereocenters. The van der Waals surface area contributed by atoms with Gasteiger partial charge in [0.05, 0.1) is 21.8 Å². The Morgan fingerprint density at radius 2 is 0.826 bits per heavy atom. The Kier molecular flexibility index (Phi) is 44.2. The molecule has 0 bridgehead atoms. The number of hydrogen-bond acceptors (Lipinski definition) is 12. The van der Waals surface area contributed by atoms with Gasteiger partial charge in [0.1, 0.15) is 35.6 Å². The molecule has 0 fully saturated rings. The van der Waals surface area contributed by atoms with Crippen molar-refractivity contribution in [1.29, 1.82) is 0 Å². The van der Waals surface area contributed by atoms with Gasteiger partial charge < -0.3 is 52.2 Å². The molecule has 3 heterocycles. The van der Waals surface area contributed by atoms with Crippen molar-refractivity contribution in [2.24, 2.45) is 0 Å². The Balaban J connectivity index is 0.000000155. The summed E-state index contributed by atoms with van der Waals surface area (Å²) in [6.45, 7) is 0. The maximum Gasteiger partial charge on any atom is 1.00 e. The number of aliphatic hydroxyl groups excluding tert-OH is 1. The van der Waals surface area contributed by atoms with Crippen LogP contribution in [-0.2, 0) is 40.2 Å². The number of nitrogens with one attached hydrogen (secondary N) is 3. The fraction of sp³-hybridized carbons (Fsp3) is 0.0650. The van der Waals surface area contributed by atoms with Gasteiger partial charge in [-0.1, -0.05) is 369 Å². The van der Waals surface area contributed by atoms with Gasteiger partial charge in [0, 0.05) is 113 Å². The summed E-state index contributed by atoms with van der Waals surface area (Å²) in [5.41, 5.74) is 24.3. The Hall–Kier alpha value is -11.9. The van der Waals surface area contributed by atoms with Gasteiger partial charge in [-0.25, -0.2) is 0 Å². The van der Waals surface area contributed by atoms with Crippen molar-refractivity contribution < 1.29 is 104 Å². The number of aldehydes is 1. The minimum Gasteiger partial charge on any atom is -1.00 e. The van der Waals surface area contributed by atoms with E-state index in [1.807, 2.05) is 54.8 Å². The monoisotopic (exact) mass is 2330 g/mol. The van der Waals surface area contributed by atoms with Gasteiger partial charge in [-0.2, -0.15) is 15.5 Å². The van der Waals surface area contributed by atoms with Gasteiger partial charge in [-0.3, -0.25) is 28.6 Å². The third kappa shape index (κ3) is 29.1. The molecule has 0 saturated heterocycles. The number of halogens is 4. The summed E-state index contributed by atoms with van der Waals surface area (Å²) in [4.78, 5) is 23.9. The first-order valence-corrected chi connectivity index (χ1v) is 56.4. The summed E-state index contributed by atoms with van der Waals surface area (Å²) in [7, 11) is -7.17. The Labute approximate surface area is 937 Å². The van der Waals surface area contributed by atoms with Crippen LogP contribution in [0.1, 0.15) is 43.7 Å². The summed E-state index contributed by atoms with van der Waals surface area (Å²) in [6, 6.07) is 148. The molecule has 0 spiro atoms. The number of H-pyrrole nitrogens is 3. The van der Waals surface area contributed by atoms with Crippen LogP contribution < -0.4 is 73.0 Å². The topological polar surface area (TPSA) is 280 Å². The number of fused-ring (bicyclic) bond motifs is 17. The molecule has 19 aromatic carbocycles. The second kappa shape index (κ2) is 56.8. The van der Waals surface area contributed by atoms with Crippen molar-refractivity contribution in [3.05, 3.63) is 495 Å². The Morgan fingerprint density at radius 3 is 1.34 bits per heavy atom. The molecule has 0 radical (unpaired) electrons. The molecule has 15 nitrogen and oxygen atoms in total. The second-order valence-electron chi connectivity index (χ2n) is 33.6. The van der Waals surface area contributed by atoms with E-state index in [0.29, 0.717) is 11.0 Å². The molecule has 0 saturated carbocycles. The molecule has 746 valence electrons. The third-order valence-corrected chi connectivity index (χ3v) is 33.5. The van der Waals surface area contributed by atoms with E-state index in [0.717, 1.165) is 84.9 Å². The molecule has 0 amide bonds. The number of thioether (sulfide) groups is 2. The number of aromatic amines is 3. The third-order valence-electron chi connectivity index (χ3n) is 25.0. The molecule has 1 atom stereocenters. The number of rotatable bonds is 14. The number of carbonyl (C=O) groups is 1. The van der Waals surface area contributed by atoms with E-state index < -0.39 is 35.6 Å². The van der Waals surface area contributed by atoms with Crippen LogP contribution in [0.2, 0.25) is 0 Å². The summed E-state index contributed by atoms with van der Waals surface area (Å²) < 4.78 is 47.0. The summed E-state index contributed by atoms with van der Waals surface area (Å²) in [5, 5.41) is 63.3. The first-order chi connectivity index (χ1) is 71.7. The SMILES string of the molecule is Brc1ccc(/C=C\C2=CCc3ccccc32)cc1.Brc1ccc2ccc3c(c2c1)Cc1ccccc1-3.CO.CS(=O)c1ccccc1-c1ccc2ccc3c4ccccc4[nH]c3c2c1.CSc1ccccc1-c1ccc2ccc3c4ccccc4[nH]c3c2c1.CSc1ccccc1B(O)O.C[O-].O=Cc1ccc(Br)cc1.O=S(=O)(O)O.OO.[Br-].[Na+].c1ccc([P+](Cc2c[nH]c3ccccc23)(c2ccccc2)c2ccccc2)cc1. The van der Waals surface area contributed by atoms with E-state index in [1.165, 1.54) is 170 Å². The largest absolute Gasteiger partial charge is 1.00 e. The van der Waals surface area contributed by atoms with Crippen LogP contribution in [0.5, 0.6) is 0 Å². The van der Waals surface area contributed by atoms with Crippen LogP contribution in [0.15, 0.2) is 471 Å². The zero-order valence-electron chi connectivity index (χ0n) is 82.3. The average molecular weight is 2330 g/mol. The fourth-order valence-corrected chi connectivity index (χ4v) is 25.5. The number of para-hydroxylation sites is 3. The van der Waals surface area contributed by atoms with Crippen molar-refractivity contribution >= 4 is 233 Å². The van der Waals surface area contributed by atoms with Crippen LogP contribution in [0, 0.1) is 0 Å². The van der Waals surface area contributed by atoms with Crippen LogP contribution in [-0.4, -0.2) is 109 Å². The molecule has 10 N–H and O–H groups in total. The van der Waals surface area contributed by atoms with Gasteiger partial charge in [-0.15, -0.1) is 23.5 Å². The van der Waals surface area contributed by atoms with Gasteiger partial charge in [0.25, 0.3) is 0 Å². The molecule has 2 aliphatic rings. The number of benzene rings is 19. The fourth-order valence-electron chi connectivity index (χ4n) is 18.3. The summed E-state index contributed by atoms with van der Waals surface area (Å²) in [5.74, 6) is 0. The number of hydrogen-bond donors (Lipinski definition) is 10. The van der Waals surface area contributed by atoms with E-state index in [2.05, 4.69) is 445 Å². The first kappa shape index (κ1) is 116. The maximum absolute atomic E-state index is 12.1. The molecular formula is C123H106BBr4N3NaO12PS4. The molecule has 26 heteroatoms. The molecule has 22 aromatic rings. The van der Waals surface area contributed by atoms with Gasteiger partial charge in [-0.05, 0) is 240 Å². The first-order valence-electron chi connectivity index (χ1n) is 46.7. The van der Waals surface area contributed by atoms with Crippen molar-refractivity contribution in [1.82, 2.24) is 15.0 Å². The van der Waals surface area contributed by atoms with E-state index >= 15 is 0 Å². The minimum atomic E-state index is -4.67. The van der Waals surface area contributed by atoms with Crippen molar-refractivity contribution in [2.45, 2.75) is 33.7 Å². The molecule has 0 aliphatic heterocycles. The molecule has 3 aromatic heterocycles. The van der Waals surface area contributed by atoms with Gasteiger partial charge >= 0.3 is 47.1 Å². The Bertz CT molecular complexity index is 8360. The Morgan fingerprint density at radius 1 is 0.416 bits per heavy atom. The predicted molar refractivity (Wildman–Crippen MR) is 631 cm³/mol. The molecule has 2 aliphatic carbocycles. The van der Waals surface area contributed by atoms with Crippen LogP contribution in [0.25, 0.3) is 132 Å². The number of allylic oxidation sites excluding steroid dienone is 3. The summed E-state index contributed by atoms with van der Waals surface area (Å²) >= 11 is 13.6. The molecular weight excluding hydrogens is 2220 g/mol. The van der Waals surface area contributed by atoms with E-state index in [-0.39, 0.29) is 46.5 Å². The van der Waals surface area contributed by atoms with Crippen LogP contribution >= 0.6 is 78.6 Å². The van der Waals surface area contributed by atoms with Gasteiger partial charge in [0.2, 0.25) is 0 Å². The quantitative estimate of drug-likeness (QED) is 0.00922. The zero-order chi connectivity index (χ0) is 104. The summed E-state index contributed by atoms with van der Waals surface area (Å²) in [6.07, 6.45) is 18.6. The minimum absolute atomic E-state index is 0. The van der Waals surface area contributed by atoms with Crippen LogP contribution in [0.3, 0.4) is 0 Å². The molecule has 149 heavy (non-hydrogen) atoms. The number of carbonyl (C=O) groups excluding carboxylic acids is 1. The number of aromatic nitrogens is 3. The van der Waals surface area contributed by atoms with E-state index in [1.54, 1.807) is 42.3 Å². The zero-order valence-corrected chi connectivity index (χ0v) is 94.8. The second-order valence-corrected chi connectivity index (χ2v) is 43.8. The van der Waals surface area contributed by atoms with Crippen molar-refractivity contribution in [2.75, 3.05) is 33.0 Å².